The Bertz CT molecular complexity index is 387. The van der Waals surface area contributed by atoms with Crippen molar-refractivity contribution in [1.29, 1.82) is 0 Å². The average Bonchev–Trinajstić information content (AvgIpc) is 2.27. The van der Waals surface area contributed by atoms with Gasteiger partial charge in [0, 0.05) is 31.7 Å². The van der Waals surface area contributed by atoms with Gasteiger partial charge in [-0.15, -0.1) is 0 Å². The molecule has 18 heavy (non-hydrogen) atoms. The molecular formula is C13H24N4O. The van der Waals surface area contributed by atoms with E-state index in [9.17, 15) is 0 Å². The van der Waals surface area contributed by atoms with Gasteiger partial charge in [-0.2, -0.15) is 0 Å². The predicted molar refractivity (Wildman–Crippen MR) is 75.2 cm³/mol. The third-order valence-electron chi connectivity index (χ3n) is 2.46. The fourth-order valence-electron chi connectivity index (χ4n) is 1.53. The molecule has 1 aromatic heterocycles. The van der Waals surface area contributed by atoms with Crippen LogP contribution in [0.15, 0.2) is 6.07 Å². The first kappa shape index (κ1) is 14.7. The molecule has 102 valence electrons. The number of nitrogens with one attached hydrogen (secondary N) is 2. The van der Waals surface area contributed by atoms with Crippen LogP contribution < -0.4 is 10.6 Å². The monoisotopic (exact) mass is 252 g/mol. The normalized spacial score (nSPS) is 13.2. The molecule has 5 nitrogen and oxygen atoms in total. The molecule has 0 saturated carbocycles. The van der Waals surface area contributed by atoms with Crippen molar-refractivity contribution in [2.75, 3.05) is 31.4 Å². The molecule has 0 amide bonds. The summed E-state index contributed by atoms with van der Waals surface area (Å²) in [5, 5.41) is 6.38. The maximum Gasteiger partial charge on any atom is 0.138 e. The number of aromatic nitrogens is 2. The second kappa shape index (κ2) is 6.00. The molecule has 0 aliphatic carbocycles. The van der Waals surface area contributed by atoms with Gasteiger partial charge in [-0.3, -0.25) is 0 Å². The summed E-state index contributed by atoms with van der Waals surface area (Å²) in [6.07, 6.45) is 0. The molecule has 0 aromatic carbocycles. The fraction of sp³-hybridized carbons (Fsp3) is 0.692. The Morgan fingerprint density at radius 1 is 1.28 bits per heavy atom. The number of methoxy groups -OCH3 is 1. The zero-order valence-corrected chi connectivity index (χ0v) is 12.2. The molecule has 0 aliphatic heterocycles. The van der Waals surface area contributed by atoms with Crippen molar-refractivity contribution in [3.63, 3.8) is 0 Å². The van der Waals surface area contributed by atoms with Crippen LogP contribution in [0.5, 0.6) is 0 Å². The standard InChI is InChI=1S/C13H24N4O/c1-9(8-18-6)15-11-7-10(14-5)16-12(17-11)13(2,3)4/h7,9H,8H2,1-6H3,(H2,14,15,16,17). The predicted octanol–water partition coefficient (Wildman–Crippen LogP) is 2.26. The smallest absolute Gasteiger partial charge is 0.138 e. The number of anilines is 2. The Morgan fingerprint density at radius 3 is 2.39 bits per heavy atom. The molecule has 1 aromatic rings. The van der Waals surface area contributed by atoms with Crippen molar-refractivity contribution in [2.24, 2.45) is 0 Å². The number of hydrogen-bond acceptors (Lipinski definition) is 5. The van der Waals surface area contributed by atoms with E-state index in [1.165, 1.54) is 0 Å². The van der Waals surface area contributed by atoms with E-state index < -0.39 is 0 Å². The lowest BCUT2D eigenvalue weighted by molar-refractivity contribution is 0.190. The number of nitrogens with zero attached hydrogens (tertiary/aromatic N) is 2. The minimum absolute atomic E-state index is 0.0756. The number of rotatable bonds is 5. The molecule has 1 heterocycles. The van der Waals surface area contributed by atoms with Gasteiger partial charge in [-0.05, 0) is 6.92 Å². The van der Waals surface area contributed by atoms with Gasteiger partial charge < -0.3 is 15.4 Å². The average molecular weight is 252 g/mol. The van der Waals surface area contributed by atoms with Gasteiger partial charge in [0.2, 0.25) is 0 Å². The van der Waals surface area contributed by atoms with Crippen LogP contribution in [0.2, 0.25) is 0 Å². The summed E-state index contributed by atoms with van der Waals surface area (Å²) >= 11 is 0. The van der Waals surface area contributed by atoms with Crippen molar-refractivity contribution in [1.82, 2.24) is 9.97 Å². The summed E-state index contributed by atoms with van der Waals surface area (Å²) in [6.45, 7) is 9.00. The van der Waals surface area contributed by atoms with Crippen LogP contribution >= 0.6 is 0 Å². The highest BCUT2D eigenvalue weighted by atomic mass is 16.5. The van der Waals surface area contributed by atoms with Gasteiger partial charge in [0.1, 0.15) is 17.5 Å². The highest BCUT2D eigenvalue weighted by Gasteiger charge is 2.19. The summed E-state index contributed by atoms with van der Waals surface area (Å²) in [5.74, 6) is 2.47. The molecule has 0 bridgehead atoms. The van der Waals surface area contributed by atoms with E-state index in [1.54, 1.807) is 7.11 Å². The quantitative estimate of drug-likeness (QED) is 0.842. The van der Waals surface area contributed by atoms with E-state index in [1.807, 2.05) is 13.1 Å². The Labute approximate surface area is 109 Å². The molecule has 1 unspecified atom stereocenters. The highest BCUT2D eigenvalue weighted by molar-refractivity contribution is 5.48. The molecule has 1 atom stereocenters. The van der Waals surface area contributed by atoms with Crippen molar-refractivity contribution >= 4 is 11.6 Å². The summed E-state index contributed by atoms with van der Waals surface area (Å²) in [5.41, 5.74) is -0.0756. The zero-order chi connectivity index (χ0) is 13.8. The number of ether oxygens (including phenoxy) is 1. The van der Waals surface area contributed by atoms with E-state index in [0.29, 0.717) is 6.61 Å². The third kappa shape index (κ3) is 4.14. The largest absolute Gasteiger partial charge is 0.383 e. The first-order valence-corrected chi connectivity index (χ1v) is 6.19. The van der Waals surface area contributed by atoms with E-state index in [2.05, 4.69) is 48.3 Å². The minimum Gasteiger partial charge on any atom is -0.383 e. The lowest BCUT2D eigenvalue weighted by Crippen LogP contribution is -2.24. The molecule has 0 spiro atoms. The van der Waals surface area contributed by atoms with Crippen LogP contribution in [-0.2, 0) is 10.2 Å². The SMILES string of the molecule is CNc1cc(NC(C)COC)nc(C(C)(C)C)n1. The first-order valence-electron chi connectivity index (χ1n) is 6.19. The van der Waals surface area contributed by atoms with Crippen LogP contribution in [0.4, 0.5) is 11.6 Å². The van der Waals surface area contributed by atoms with E-state index in [-0.39, 0.29) is 11.5 Å². The molecule has 0 radical (unpaired) electrons. The van der Waals surface area contributed by atoms with Gasteiger partial charge in [0.15, 0.2) is 0 Å². The van der Waals surface area contributed by atoms with Gasteiger partial charge in [0.05, 0.1) is 6.61 Å². The third-order valence-corrected chi connectivity index (χ3v) is 2.46. The second-order valence-electron chi connectivity index (χ2n) is 5.46. The Kier molecular flexibility index (Phi) is 4.90. The van der Waals surface area contributed by atoms with Crippen molar-refractivity contribution in [3.8, 4) is 0 Å². The Hall–Kier alpha value is -1.36. The van der Waals surface area contributed by atoms with E-state index >= 15 is 0 Å². The number of hydrogen-bond donors (Lipinski definition) is 2. The molecule has 1 rings (SSSR count). The lowest BCUT2D eigenvalue weighted by Gasteiger charge is -2.20. The maximum absolute atomic E-state index is 5.11. The van der Waals surface area contributed by atoms with Gasteiger partial charge in [-0.25, -0.2) is 9.97 Å². The topological polar surface area (TPSA) is 59.1 Å². The van der Waals surface area contributed by atoms with Gasteiger partial charge in [0.25, 0.3) is 0 Å². The van der Waals surface area contributed by atoms with Crippen molar-refractivity contribution in [2.45, 2.75) is 39.2 Å². The van der Waals surface area contributed by atoms with Crippen molar-refractivity contribution < 1.29 is 4.74 Å². The van der Waals surface area contributed by atoms with Crippen LogP contribution in [0.3, 0.4) is 0 Å². The van der Waals surface area contributed by atoms with Crippen LogP contribution in [-0.4, -0.2) is 36.8 Å². The minimum atomic E-state index is -0.0756. The summed E-state index contributed by atoms with van der Waals surface area (Å²) in [6, 6.07) is 2.11. The van der Waals surface area contributed by atoms with E-state index in [0.717, 1.165) is 17.5 Å². The van der Waals surface area contributed by atoms with Gasteiger partial charge >= 0.3 is 0 Å². The molecule has 5 heteroatoms. The second-order valence-corrected chi connectivity index (χ2v) is 5.46. The first-order chi connectivity index (χ1) is 8.36. The van der Waals surface area contributed by atoms with Crippen molar-refractivity contribution in [3.05, 3.63) is 11.9 Å². The maximum atomic E-state index is 5.11. The van der Waals surface area contributed by atoms with Gasteiger partial charge in [-0.1, -0.05) is 20.8 Å². The zero-order valence-electron chi connectivity index (χ0n) is 12.2. The van der Waals surface area contributed by atoms with Crippen LogP contribution in [0.1, 0.15) is 33.5 Å². The lowest BCUT2D eigenvalue weighted by atomic mass is 9.96. The molecule has 2 N–H and O–H groups in total. The van der Waals surface area contributed by atoms with E-state index in [4.69, 9.17) is 4.74 Å². The van der Waals surface area contributed by atoms with Crippen LogP contribution in [0, 0.1) is 0 Å². The molecular weight excluding hydrogens is 228 g/mol. The molecule has 0 fully saturated rings. The summed E-state index contributed by atoms with van der Waals surface area (Å²) in [7, 11) is 3.55. The van der Waals surface area contributed by atoms with Crippen LogP contribution in [0.25, 0.3) is 0 Å². The fourth-order valence-corrected chi connectivity index (χ4v) is 1.53. The Morgan fingerprint density at radius 2 is 1.89 bits per heavy atom. The summed E-state index contributed by atoms with van der Waals surface area (Å²) < 4.78 is 5.11. The molecule has 0 aliphatic rings. The summed E-state index contributed by atoms with van der Waals surface area (Å²) in [4.78, 5) is 9.04. The highest BCUT2D eigenvalue weighted by Crippen LogP contribution is 2.22. The Balaban J connectivity index is 2.97. The molecule has 0 saturated heterocycles.